The minimum absolute atomic E-state index is 0. The zero-order chi connectivity index (χ0) is 9.30. The zero-order valence-electron chi connectivity index (χ0n) is 6.18. The molecule has 1 aromatic rings. The van der Waals surface area contributed by atoms with E-state index in [0.29, 0.717) is 12.1 Å². The van der Waals surface area contributed by atoms with Gasteiger partial charge in [-0.15, -0.1) is 12.4 Å². The molecule has 0 saturated carbocycles. The molecule has 0 heterocycles. The first kappa shape index (κ1) is 11.8. The van der Waals surface area contributed by atoms with Gasteiger partial charge in [-0.1, -0.05) is 0 Å². The van der Waals surface area contributed by atoms with Crippen LogP contribution in [0.1, 0.15) is 10.4 Å². The molecular formula is C7H5ClF3NO. The second-order valence-electron chi connectivity index (χ2n) is 2.11. The van der Waals surface area contributed by atoms with Gasteiger partial charge < -0.3 is 5.73 Å². The van der Waals surface area contributed by atoms with E-state index in [9.17, 15) is 18.0 Å². The number of hydrogen-bond acceptors (Lipinski definition) is 1. The molecule has 0 fully saturated rings. The van der Waals surface area contributed by atoms with Crippen LogP contribution in [0.25, 0.3) is 0 Å². The first-order chi connectivity index (χ1) is 5.52. The molecule has 2 nitrogen and oxygen atoms in total. The average Bonchev–Trinajstić information content (AvgIpc) is 1.82. The van der Waals surface area contributed by atoms with Crippen molar-refractivity contribution in [1.29, 1.82) is 0 Å². The van der Waals surface area contributed by atoms with Crippen molar-refractivity contribution in [2.45, 2.75) is 0 Å². The SMILES string of the molecule is Cl.NC(=O)c1c(F)cc(F)cc1F. The number of carbonyl (C=O) groups excluding carboxylic acids is 1. The minimum atomic E-state index is -1.29. The van der Waals surface area contributed by atoms with Gasteiger partial charge in [-0.05, 0) is 0 Å². The molecular weight excluding hydrogens is 207 g/mol. The van der Waals surface area contributed by atoms with Gasteiger partial charge in [-0.3, -0.25) is 4.79 Å². The Labute approximate surface area is 77.9 Å². The Morgan fingerprint density at radius 3 is 1.85 bits per heavy atom. The standard InChI is InChI=1S/C7H4F3NO.ClH/c8-3-1-4(9)6(7(11)12)5(10)2-3;/h1-2H,(H2,11,12);1H. The monoisotopic (exact) mass is 211 g/mol. The van der Waals surface area contributed by atoms with Crippen LogP contribution in [0.4, 0.5) is 13.2 Å². The predicted octanol–water partition coefficient (Wildman–Crippen LogP) is 1.62. The molecule has 0 bridgehead atoms. The van der Waals surface area contributed by atoms with Crippen molar-refractivity contribution in [2.75, 3.05) is 0 Å². The number of hydrogen-bond donors (Lipinski definition) is 1. The van der Waals surface area contributed by atoms with Crippen LogP contribution in [0, 0.1) is 17.5 Å². The number of primary amides is 1. The normalized spacial score (nSPS) is 9.15. The topological polar surface area (TPSA) is 43.1 Å². The van der Waals surface area contributed by atoms with Crippen molar-refractivity contribution in [1.82, 2.24) is 0 Å². The van der Waals surface area contributed by atoms with Crippen LogP contribution in [0.15, 0.2) is 12.1 Å². The van der Waals surface area contributed by atoms with Crippen LogP contribution in [-0.4, -0.2) is 5.91 Å². The molecule has 0 spiro atoms. The molecule has 13 heavy (non-hydrogen) atoms. The Bertz CT molecular complexity index is 320. The second-order valence-corrected chi connectivity index (χ2v) is 2.11. The smallest absolute Gasteiger partial charge is 0.254 e. The molecule has 72 valence electrons. The Balaban J connectivity index is 0.00000144. The van der Waals surface area contributed by atoms with E-state index in [4.69, 9.17) is 0 Å². The van der Waals surface area contributed by atoms with Gasteiger partial charge in [-0.2, -0.15) is 0 Å². The Kier molecular flexibility index (Phi) is 3.74. The highest BCUT2D eigenvalue weighted by Crippen LogP contribution is 2.13. The Hall–Kier alpha value is -1.23. The van der Waals surface area contributed by atoms with Crippen molar-refractivity contribution in [3.05, 3.63) is 35.1 Å². The van der Waals surface area contributed by atoms with Crippen LogP contribution in [0.5, 0.6) is 0 Å². The van der Waals surface area contributed by atoms with E-state index in [1.165, 1.54) is 0 Å². The summed E-state index contributed by atoms with van der Waals surface area (Å²) in [6.07, 6.45) is 0. The molecule has 1 aromatic carbocycles. The molecule has 0 aliphatic carbocycles. The Morgan fingerprint density at radius 2 is 1.54 bits per heavy atom. The average molecular weight is 212 g/mol. The maximum atomic E-state index is 12.6. The van der Waals surface area contributed by atoms with Gasteiger partial charge in [0, 0.05) is 12.1 Å². The van der Waals surface area contributed by atoms with Crippen molar-refractivity contribution < 1.29 is 18.0 Å². The van der Waals surface area contributed by atoms with Gasteiger partial charge in [-0.25, -0.2) is 13.2 Å². The third-order valence-corrected chi connectivity index (χ3v) is 1.25. The maximum absolute atomic E-state index is 12.6. The highest BCUT2D eigenvalue weighted by Gasteiger charge is 2.15. The summed E-state index contributed by atoms with van der Waals surface area (Å²) in [4.78, 5) is 10.4. The number of benzene rings is 1. The second kappa shape index (κ2) is 4.13. The lowest BCUT2D eigenvalue weighted by Crippen LogP contribution is -2.15. The number of amides is 1. The molecule has 1 amide bonds. The van der Waals surface area contributed by atoms with Gasteiger partial charge in [0.1, 0.15) is 23.0 Å². The van der Waals surface area contributed by atoms with E-state index in [1.807, 2.05) is 0 Å². The van der Waals surface area contributed by atoms with Crippen molar-refractivity contribution >= 4 is 18.3 Å². The van der Waals surface area contributed by atoms with Crippen LogP contribution in [0.2, 0.25) is 0 Å². The molecule has 1 rings (SSSR count). The molecule has 0 atom stereocenters. The summed E-state index contributed by atoms with van der Waals surface area (Å²) in [5.74, 6) is -4.93. The first-order valence-electron chi connectivity index (χ1n) is 2.96. The van der Waals surface area contributed by atoms with E-state index in [0.717, 1.165) is 0 Å². The molecule has 0 unspecified atom stereocenters. The number of nitrogens with two attached hydrogens (primary N) is 1. The molecule has 0 aliphatic heterocycles. The minimum Gasteiger partial charge on any atom is -0.365 e. The number of carbonyl (C=O) groups is 1. The Morgan fingerprint density at radius 1 is 1.15 bits per heavy atom. The molecule has 0 aromatic heterocycles. The highest BCUT2D eigenvalue weighted by atomic mass is 35.5. The third-order valence-electron chi connectivity index (χ3n) is 1.25. The molecule has 6 heteroatoms. The van der Waals surface area contributed by atoms with Gasteiger partial charge in [0.2, 0.25) is 0 Å². The van der Waals surface area contributed by atoms with Crippen LogP contribution >= 0.6 is 12.4 Å². The first-order valence-corrected chi connectivity index (χ1v) is 2.96. The van der Waals surface area contributed by atoms with Crippen LogP contribution < -0.4 is 5.73 Å². The van der Waals surface area contributed by atoms with Gasteiger partial charge >= 0.3 is 0 Å². The van der Waals surface area contributed by atoms with Gasteiger partial charge in [0.25, 0.3) is 5.91 Å². The molecule has 0 radical (unpaired) electrons. The predicted molar refractivity (Wildman–Crippen MR) is 42.1 cm³/mol. The number of rotatable bonds is 1. The molecule has 0 saturated heterocycles. The fourth-order valence-electron chi connectivity index (χ4n) is 0.778. The fourth-order valence-corrected chi connectivity index (χ4v) is 0.778. The summed E-state index contributed by atoms with van der Waals surface area (Å²) < 4.78 is 37.4. The van der Waals surface area contributed by atoms with Crippen molar-refractivity contribution in [2.24, 2.45) is 5.73 Å². The summed E-state index contributed by atoms with van der Waals surface area (Å²) in [7, 11) is 0. The summed E-state index contributed by atoms with van der Waals surface area (Å²) in [6.45, 7) is 0. The highest BCUT2D eigenvalue weighted by molar-refractivity contribution is 5.93. The molecule has 2 N–H and O–H groups in total. The van der Waals surface area contributed by atoms with Crippen LogP contribution in [0.3, 0.4) is 0 Å². The quantitative estimate of drug-likeness (QED) is 0.754. The van der Waals surface area contributed by atoms with E-state index in [2.05, 4.69) is 5.73 Å². The van der Waals surface area contributed by atoms with Crippen LogP contribution in [-0.2, 0) is 0 Å². The van der Waals surface area contributed by atoms with E-state index in [1.54, 1.807) is 0 Å². The van der Waals surface area contributed by atoms with Gasteiger partial charge in [0.05, 0.1) is 0 Å². The van der Waals surface area contributed by atoms with Crippen molar-refractivity contribution in [3.8, 4) is 0 Å². The van der Waals surface area contributed by atoms with E-state index >= 15 is 0 Å². The number of halogens is 4. The fraction of sp³-hybridized carbons (Fsp3) is 0. The zero-order valence-corrected chi connectivity index (χ0v) is 7.00. The lowest BCUT2D eigenvalue weighted by atomic mass is 10.2. The summed E-state index contributed by atoms with van der Waals surface area (Å²) in [5.41, 5.74) is 3.70. The summed E-state index contributed by atoms with van der Waals surface area (Å²) >= 11 is 0. The maximum Gasteiger partial charge on any atom is 0.254 e. The third kappa shape index (κ3) is 2.35. The lowest BCUT2D eigenvalue weighted by Gasteiger charge is -1.99. The lowest BCUT2D eigenvalue weighted by molar-refractivity contribution is 0.0992. The summed E-state index contributed by atoms with van der Waals surface area (Å²) in [6, 6.07) is 0.784. The van der Waals surface area contributed by atoms with Crippen molar-refractivity contribution in [3.63, 3.8) is 0 Å². The largest absolute Gasteiger partial charge is 0.365 e. The molecule has 0 aliphatic rings. The van der Waals surface area contributed by atoms with Gasteiger partial charge in [0.15, 0.2) is 0 Å². The summed E-state index contributed by atoms with van der Waals surface area (Å²) in [5, 5.41) is 0. The van der Waals surface area contributed by atoms with E-state index < -0.39 is 28.9 Å². The van der Waals surface area contributed by atoms with E-state index in [-0.39, 0.29) is 12.4 Å².